The third kappa shape index (κ3) is 2.41. The summed E-state index contributed by atoms with van der Waals surface area (Å²) in [4.78, 5) is 11.6. The molecule has 1 saturated heterocycles. The molecule has 0 aliphatic carbocycles. The first-order valence-electron chi connectivity index (χ1n) is 5.36. The monoisotopic (exact) mass is 224 g/mol. The van der Waals surface area contributed by atoms with Gasteiger partial charge in [-0.1, -0.05) is 5.16 Å². The summed E-state index contributed by atoms with van der Waals surface area (Å²) in [5.41, 5.74) is 0.307. The van der Waals surface area contributed by atoms with E-state index in [0.29, 0.717) is 5.92 Å². The first-order chi connectivity index (χ1) is 7.46. The van der Waals surface area contributed by atoms with Gasteiger partial charge in [0, 0.05) is 25.1 Å². The molecule has 5 heteroatoms. The lowest BCUT2D eigenvalue weighted by atomic mass is 9.99. The van der Waals surface area contributed by atoms with Gasteiger partial charge >= 0.3 is 5.97 Å². The molecule has 5 nitrogen and oxygen atoms in total. The summed E-state index contributed by atoms with van der Waals surface area (Å²) in [7, 11) is 0. The number of nitrogens with zero attached hydrogens (tertiary/aromatic N) is 1. The van der Waals surface area contributed by atoms with Gasteiger partial charge in [-0.15, -0.1) is 0 Å². The van der Waals surface area contributed by atoms with Gasteiger partial charge in [-0.3, -0.25) is 0 Å². The van der Waals surface area contributed by atoms with E-state index in [0.717, 1.165) is 18.8 Å². The Morgan fingerprint density at radius 2 is 2.25 bits per heavy atom. The number of hydrogen-bond donors (Lipinski definition) is 1. The van der Waals surface area contributed by atoms with Gasteiger partial charge in [0.1, 0.15) is 5.60 Å². The zero-order valence-corrected chi connectivity index (χ0v) is 9.74. The van der Waals surface area contributed by atoms with Crippen LogP contribution in [0.4, 0.5) is 0 Å². The lowest BCUT2D eigenvalue weighted by Crippen LogP contribution is -2.40. The Balaban J connectivity index is 2.03. The topological polar surface area (TPSA) is 64.4 Å². The third-order valence-electron chi connectivity index (χ3n) is 2.33. The van der Waals surface area contributed by atoms with Crippen molar-refractivity contribution in [3.63, 3.8) is 0 Å². The highest BCUT2D eigenvalue weighted by Gasteiger charge is 2.26. The van der Waals surface area contributed by atoms with E-state index in [4.69, 9.17) is 9.26 Å². The van der Waals surface area contributed by atoms with Crippen molar-refractivity contribution in [3.05, 3.63) is 17.5 Å². The van der Waals surface area contributed by atoms with Crippen LogP contribution < -0.4 is 5.32 Å². The predicted molar refractivity (Wildman–Crippen MR) is 57.3 cm³/mol. The number of aromatic nitrogens is 1. The van der Waals surface area contributed by atoms with Crippen LogP contribution in [-0.4, -0.2) is 29.8 Å². The van der Waals surface area contributed by atoms with Crippen molar-refractivity contribution in [3.8, 4) is 0 Å². The van der Waals surface area contributed by atoms with Crippen molar-refractivity contribution < 1.29 is 14.1 Å². The van der Waals surface area contributed by atoms with E-state index < -0.39 is 11.6 Å². The van der Waals surface area contributed by atoms with Crippen LogP contribution in [0.5, 0.6) is 0 Å². The molecule has 1 aliphatic rings. The average molecular weight is 224 g/mol. The molecule has 0 unspecified atom stereocenters. The molecule has 1 aromatic heterocycles. The number of nitrogens with one attached hydrogen (secondary N) is 1. The van der Waals surface area contributed by atoms with Crippen molar-refractivity contribution in [2.45, 2.75) is 32.3 Å². The van der Waals surface area contributed by atoms with Gasteiger partial charge in [0.25, 0.3) is 0 Å². The van der Waals surface area contributed by atoms with E-state index in [-0.39, 0.29) is 5.76 Å². The average Bonchev–Trinajstić information content (AvgIpc) is 2.46. The zero-order chi connectivity index (χ0) is 11.8. The minimum atomic E-state index is -0.512. The van der Waals surface area contributed by atoms with Crippen LogP contribution >= 0.6 is 0 Å². The first-order valence-corrected chi connectivity index (χ1v) is 5.36. The molecule has 2 rings (SSSR count). The van der Waals surface area contributed by atoms with Crippen LogP contribution in [0.1, 0.15) is 42.9 Å². The van der Waals surface area contributed by atoms with E-state index in [9.17, 15) is 4.79 Å². The summed E-state index contributed by atoms with van der Waals surface area (Å²) in [5.74, 6) is 0.0790. The fourth-order valence-electron chi connectivity index (χ4n) is 1.40. The molecule has 1 N–H and O–H groups in total. The lowest BCUT2D eigenvalue weighted by molar-refractivity contribution is 0.00276. The number of carbonyl (C=O) groups is 1. The largest absolute Gasteiger partial charge is 0.454 e. The fraction of sp³-hybridized carbons (Fsp3) is 0.636. The fourth-order valence-corrected chi connectivity index (χ4v) is 1.40. The van der Waals surface area contributed by atoms with E-state index in [2.05, 4.69) is 10.5 Å². The van der Waals surface area contributed by atoms with Crippen LogP contribution in [0.25, 0.3) is 0 Å². The van der Waals surface area contributed by atoms with E-state index >= 15 is 0 Å². The van der Waals surface area contributed by atoms with Crippen LogP contribution in [0.15, 0.2) is 10.6 Å². The second-order valence-electron chi connectivity index (χ2n) is 4.97. The van der Waals surface area contributed by atoms with Gasteiger partial charge < -0.3 is 14.6 Å². The second kappa shape index (κ2) is 3.90. The maximum Gasteiger partial charge on any atom is 0.377 e. The van der Waals surface area contributed by atoms with Gasteiger partial charge in [0.15, 0.2) is 0 Å². The lowest BCUT2D eigenvalue weighted by Gasteiger charge is -2.24. The Morgan fingerprint density at radius 1 is 1.56 bits per heavy atom. The van der Waals surface area contributed by atoms with Crippen molar-refractivity contribution in [2.24, 2.45) is 0 Å². The quantitative estimate of drug-likeness (QED) is 0.767. The molecule has 1 aliphatic heterocycles. The summed E-state index contributed by atoms with van der Waals surface area (Å²) in [6, 6.07) is 1.67. The Kier molecular flexibility index (Phi) is 2.71. The third-order valence-corrected chi connectivity index (χ3v) is 2.33. The molecule has 0 atom stereocenters. The van der Waals surface area contributed by atoms with E-state index in [1.54, 1.807) is 6.07 Å². The Hall–Kier alpha value is -1.36. The molecule has 0 saturated carbocycles. The first kappa shape index (κ1) is 11.1. The molecule has 1 fully saturated rings. The number of ether oxygens (including phenoxy) is 1. The van der Waals surface area contributed by atoms with Gasteiger partial charge in [-0.05, 0) is 20.8 Å². The molecule has 0 amide bonds. The van der Waals surface area contributed by atoms with E-state index in [1.165, 1.54) is 0 Å². The second-order valence-corrected chi connectivity index (χ2v) is 4.97. The summed E-state index contributed by atoms with van der Waals surface area (Å²) in [6.07, 6.45) is 0. The van der Waals surface area contributed by atoms with Crippen molar-refractivity contribution in [1.82, 2.24) is 10.5 Å². The van der Waals surface area contributed by atoms with Crippen molar-refractivity contribution in [1.29, 1.82) is 0 Å². The smallest absolute Gasteiger partial charge is 0.377 e. The molecule has 2 heterocycles. The molecular formula is C11H16N2O3. The highest BCUT2D eigenvalue weighted by molar-refractivity contribution is 5.86. The molecule has 0 bridgehead atoms. The molecule has 0 spiro atoms. The number of carbonyl (C=O) groups excluding carboxylic acids is 1. The predicted octanol–water partition coefficient (Wildman–Crippen LogP) is 1.32. The minimum Gasteiger partial charge on any atom is -0.454 e. The molecule has 88 valence electrons. The molecule has 0 radical (unpaired) electrons. The highest BCUT2D eigenvalue weighted by Crippen LogP contribution is 2.20. The van der Waals surface area contributed by atoms with E-state index in [1.807, 2.05) is 20.8 Å². The van der Waals surface area contributed by atoms with Gasteiger partial charge in [-0.25, -0.2) is 4.79 Å². The van der Waals surface area contributed by atoms with Crippen LogP contribution in [0, 0.1) is 0 Å². The Labute approximate surface area is 94.1 Å². The van der Waals surface area contributed by atoms with Gasteiger partial charge in [0.05, 0.1) is 5.69 Å². The SMILES string of the molecule is CC(C)(C)OC(=O)c1cc(C2CNC2)no1. The van der Waals surface area contributed by atoms with Gasteiger partial charge in [-0.2, -0.15) is 0 Å². The minimum absolute atomic E-state index is 0.178. The standard InChI is InChI=1S/C11H16N2O3/c1-11(2,3)15-10(14)9-4-8(13-16-9)7-5-12-6-7/h4,7,12H,5-6H2,1-3H3. The van der Waals surface area contributed by atoms with Crippen LogP contribution in [-0.2, 0) is 4.74 Å². The number of hydrogen-bond acceptors (Lipinski definition) is 5. The number of esters is 1. The highest BCUT2D eigenvalue weighted by atomic mass is 16.6. The summed E-state index contributed by atoms with van der Waals surface area (Å²) in [6.45, 7) is 7.23. The van der Waals surface area contributed by atoms with Crippen LogP contribution in [0.2, 0.25) is 0 Å². The van der Waals surface area contributed by atoms with Crippen LogP contribution in [0.3, 0.4) is 0 Å². The Bertz CT molecular complexity index is 388. The molecule has 16 heavy (non-hydrogen) atoms. The summed E-state index contributed by atoms with van der Waals surface area (Å²) < 4.78 is 10.2. The van der Waals surface area contributed by atoms with Gasteiger partial charge in [0.2, 0.25) is 5.76 Å². The normalized spacial score (nSPS) is 16.9. The summed E-state index contributed by atoms with van der Waals surface area (Å²) >= 11 is 0. The molecule has 0 aromatic carbocycles. The molecular weight excluding hydrogens is 208 g/mol. The summed E-state index contributed by atoms with van der Waals surface area (Å²) in [5, 5.41) is 7.01. The van der Waals surface area contributed by atoms with Crippen molar-refractivity contribution >= 4 is 5.97 Å². The maximum absolute atomic E-state index is 11.6. The maximum atomic E-state index is 11.6. The Morgan fingerprint density at radius 3 is 2.75 bits per heavy atom. The van der Waals surface area contributed by atoms with Crippen molar-refractivity contribution in [2.75, 3.05) is 13.1 Å². The zero-order valence-electron chi connectivity index (χ0n) is 9.74. The number of rotatable bonds is 2. The molecule has 1 aromatic rings.